The zero-order valence-corrected chi connectivity index (χ0v) is 62.7. The Kier molecular flexibility index (Phi) is 62.3. The van der Waals surface area contributed by atoms with Crippen molar-refractivity contribution < 1.29 is 142 Å². The summed E-state index contributed by atoms with van der Waals surface area (Å²) in [6.07, 6.45) is 0.168. The Hall–Kier alpha value is -5.41. The predicted molar refractivity (Wildman–Crippen MR) is 384 cm³/mol. The van der Waals surface area contributed by atoms with Gasteiger partial charge in [0.2, 0.25) is 11.8 Å². The second-order valence-electron chi connectivity index (χ2n) is 22.7. The Balaban J connectivity index is 0.700. The molecule has 2 aliphatic heterocycles. The fraction of sp³-hybridized carbons (Fsp3) is 0.743. The number of carbonyl (C=O) groups excluding carboxylic acids is 5. The molecule has 33 heteroatoms. The minimum atomic E-state index is -0.707. The molecule has 2 aromatic rings. The van der Waals surface area contributed by atoms with Crippen molar-refractivity contribution in [2.75, 3.05) is 329 Å². The van der Waals surface area contributed by atoms with Crippen LogP contribution in [0.25, 0.3) is 0 Å². The number of nitrogens with one attached hydrogen (secondary N) is 1. The maximum atomic E-state index is 13.4. The molecule has 0 spiro atoms. The molecule has 4 rings (SSSR count). The Morgan fingerprint density at radius 2 is 0.551 bits per heavy atom. The average Bonchev–Trinajstić information content (AvgIpc) is 1.31. The smallest absolute Gasteiger partial charge is 0.335 e. The van der Waals surface area contributed by atoms with Crippen LogP contribution in [-0.4, -0.2) is 358 Å². The van der Waals surface area contributed by atoms with E-state index < -0.39 is 17.8 Å². The number of nitrogens with zero attached hydrogens (tertiary/aromatic N) is 2. The summed E-state index contributed by atoms with van der Waals surface area (Å²) in [7, 11) is 0. The minimum Gasteiger partial charge on any atom is -0.378 e. The van der Waals surface area contributed by atoms with Crippen LogP contribution in [0.1, 0.15) is 48.8 Å². The highest BCUT2D eigenvalue weighted by Gasteiger charge is 2.33. The van der Waals surface area contributed by atoms with Crippen molar-refractivity contribution in [1.29, 1.82) is 0 Å². The Labute approximate surface area is 630 Å². The van der Waals surface area contributed by atoms with E-state index in [-0.39, 0.29) is 57.1 Å². The van der Waals surface area contributed by atoms with E-state index in [0.717, 1.165) is 22.4 Å². The van der Waals surface area contributed by atoms with Crippen molar-refractivity contribution >= 4 is 35.3 Å². The van der Waals surface area contributed by atoms with E-state index >= 15 is 0 Å². The molecular weight excluding hydrogens is 1410 g/mol. The fourth-order valence-electron chi connectivity index (χ4n) is 9.03. The number of rotatable bonds is 79. The molecule has 33 nitrogen and oxygen atoms in total. The van der Waals surface area contributed by atoms with E-state index in [4.69, 9.17) is 119 Å². The van der Waals surface area contributed by atoms with Crippen LogP contribution >= 0.6 is 0 Å². The van der Waals surface area contributed by atoms with E-state index in [1.54, 1.807) is 4.90 Å². The van der Waals surface area contributed by atoms with Gasteiger partial charge in [0.15, 0.2) is 0 Å². The molecule has 2 aromatic carbocycles. The minimum absolute atomic E-state index is 0.0499. The maximum absolute atomic E-state index is 13.4. The van der Waals surface area contributed by atoms with Gasteiger partial charge >= 0.3 is 5.97 Å². The van der Waals surface area contributed by atoms with E-state index in [0.29, 0.717) is 322 Å². The fourth-order valence-corrected chi connectivity index (χ4v) is 9.03. The van der Waals surface area contributed by atoms with Crippen LogP contribution < -0.4 is 10.2 Å². The monoisotopic (exact) mass is 1530 g/mol. The largest absolute Gasteiger partial charge is 0.378 e. The number of ether oxygens (including phenoxy) is 24. The molecule has 1 saturated heterocycles. The van der Waals surface area contributed by atoms with Gasteiger partial charge in [0.05, 0.1) is 336 Å². The first kappa shape index (κ1) is 94.0. The SMILES string of the molecule is O=C(CCC(=O)N1Cc2ccccc2C#Cc2ccccc21)NCCOCCOCCOCCOCCOCCOCCOCCOCCOCCOCCOCCOCCOCCOCCOCCOCCOCCOCCOCCOCCOCCOCCOCCOCCC(=O)ON1C(=O)CCC1=O. The number of hydrogen-bond acceptors (Lipinski definition) is 30. The number of imide groups is 1. The molecule has 0 radical (unpaired) electrons. The van der Waals surface area contributed by atoms with Crippen LogP contribution in [0.2, 0.25) is 0 Å². The van der Waals surface area contributed by atoms with E-state index in [9.17, 15) is 24.0 Å². The molecule has 1 N–H and O–H groups in total. The Bertz CT molecular complexity index is 2540. The molecule has 2 aliphatic rings. The normalized spacial score (nSPS) is 12.7. The molecule has 2 heterocycles. The van der Waals surface area contributed by atoms with Crippen LogP contribution in [0.15, 0.2) is 48.5 Å². The molecule has 0 unspecified atom stereocenters. The zero-order chi connectivity index (χ0) is 75.7. The van der Waals surface area contributed by atoms with Crippen LogP contribution in [0.4, 0.5) is 5.69 Å². The number of fused-ring (bicyclic) bond motifs is 2. The van der Waals surface area contributed by atoms with E-state index in [2.05, 4.69) is 17.2 Å². The first-order chi connectivity index (χ1) is 52.9. The summed E-state index contributed by atoms with van der Waals surface area (Å²) in [6.45, 7) is 21.7. The van der Waals surface area contributed by atoms with E-state index in [1.165, 1.54) is 0 Å². The number of amides is 4. The van der Waals surface area contributed by atoms with Crippen LogP contribution in [0.3, 0.4) is 0 Å². The highest BCUT2D eigenvalue weighted by molar-refractivity contribution is 6.01. The summed E-state index contributed by atoms with van der Waals surface area (Å²) in [4.78, 5) is 67.0. The summed E-state index contributed by atoms with van der Waals surface area (Å²) >= 11 is 0. The lowest BCUT2D eigenvalue weighted by molar-refractivity contribution is -0.198. The number of carbonyl (C=O) groups is 5. The third-order valence-corrected chi connectivity index (χ3v) is 14.5. The Morgan fingerprint density at radius 3 is 0.860 bits per heavy atom. The van der Waals surface area contributed by atoms with Crippen molar-refractivity contribution in [3.63, 3.8) is 0 Å². The lowest BCUT2D eigenvalue weighted by Gasteiger charge is -2.26. The number of hydroxylamine groups is 2. The highest BCUT2D eigenvalue weighted by Crippen LogP contribution is 2.26. The van der Waals surface area contributed by atoms with Gasteiger partial charge in [-0.15, -0.1) is 5.06 Å². The third-order valence-electron chi connectivity index (χ3n) is 14.5. The van der Waals surface area contributed by atoms with Gasteiger partial charge in [0.25, 0.3) is 11.8 Å². The average molecular weight is 1530 g/mol. The zero-order valence-electron chi connectivity index (χ0n) is 62.7. The first-order valence-corrected chi connectivity index (χ1v) is 37.1. The summed E-state index contributed by atoms with van der Waals surface area (Å²) < 4.78 is 132. The highest BCUT2D eigenvalue weighted by atomic mass is 16.7. The van der Waals surface area contributed by atoms with Crippen LogP contribution in [-0.2, 0) is 149 Å². The number of hydrogen-bond donors (Lipinski definition) is 1. The van der Waals surface area contributed by atoms with Gasteiger partial charge < -0.3 is 129 Å². The molecule has 0 aliphatic carbocycles. The van der Waals surface area contributed by atoms with Gasteiger partial charge in [-0.2, -0.15) is 0 Å². The molecule has 0 aromatic heterocycles. The molecule has 4 amide bonds. The van der Waals surface area contributed by atoms with Crippen LogP contribution in [0, 0.1) is 11.8 Å². The van der Waals surface area contributed by atoms with Crippen molar-refractivity contribution in [1.82, 2.24) is 10.4 Å². The van der Waals surface area contributed by atoms with Gasteiger partial charge in [-0.05, 0) is 23.8 Å². The number of para-hydroxylation sites is 1. The maximum Gasteiger partial charge on any atom is 0.335 e. The second-order valence-corrected chi connectivity index (χ2v) is 22.7. The molecule has 1 fully saturated rings. The molecule has 0 saturated carbocycles. The lowest BCUT2D eigenvalue weighted by Crippen LogP contribution is -2.34. The van der Waals surface area contributed by atoms with Crippen molar-refractivity contribution in [3.05, 3.63) is 65.2 Å². The number of benzene rings is 2. The molecule has 107 heavy (non-hydrogen) atoms. The van der Waals surface area contributed by atoms with Crippen molar-refractivity contribution in [3.8, 4) is 11.8 Å². The molecule has 0 bridgehead atoms. The molecule has 610 valence electrons. The van der Waals surface area contributed by atoms with Gasteiger partial charge in [-0.3, -0.25) is 19.2 Å². The second kappa shape index (κ2) is 70.9. The third kappa shape index (κ3) is 54.8. The van der Waals surface area contributed by atoms with Gasteiger partial charge in [-0.25, -0.2) is 4.79 Å². The quantitative estimate of drug-likeness (QED) is 0.0564. The van der Waals surface area contributed by atoms with Gasteiger partial charge in [0.1, 0.15) is 0 Å². The summed E-state index contributed by atoms with van der Waals surface area (Å²) in [5, 5.41) is 3.33. The van der Waals surface area contributed by atoms with E-state index in [1.807, 2.05) is 48.5 Å². The predicted octanol–water partition coefficient (Wildman–Crippen LogP) is 2.23. The van der Waals surface area contributed by atoms with Gasteiger partial charge in [0, 0.05) is 43.4 Å². The lowest BCUT2D eigenvalue weighted by atomic mass is 10.0. The topological polar surface area (TPSA) is 335 Å². The standard InChI is InChI=1S/C74H119N3O30/c78-70(11-12-71(79)76-65-68-7-2-1-5-66(68)9-10-67-6-3-4-8-69(67)76)75-16-18-84-20-22-86-24-26-88-28-30-90-32-34-92-36-38-94-40-42-96-44-46-98-48-50-100-52-54-102-56-58-104-60-62-106-64-63-105-61-59-103-57-55-101-53-51-99-49-47-97-45-43-95-41-39-93-37-35-91-33-31-89-29-27-87-25-23-85-21-19-83-17-15-74(82)107-77-72(80)13-14-73(77)81/h1-8H,11-65H2,(H,75,78). The Morgan fingerprint density at radius 1 is 0.299 bits per heavy atom. The summed E-state index contributed by atoms with van der Waals surface area (Å²) in [6, 6.07) is 15.4. The summed E-state index contributed by atoms with van der Waals surface area (Å²) in [5.41, 5.74) is 3.38. The first-order valence-electron chi connectivity index (χ1n) is 37.1. The molecule has 0 atom stereocenters. The van der Waals surface area contributed by atoms with Crippen molar-refractivity contribution in [2.24, 2.45) is 0 Å². The molecular formula is C74H119N3O30. The van der Waals surface area contributed by atoms with Gasteiger partial charge in [-0.1, -0.05) is 42.2 Å². The number of anilines is 1. The van der Waals surface area contributed by atoms with Crippen molar-refractivity contribution in [2.45, 2.75) is 38.6 Å². The summed E-state index contributed by atoms with van der Waals surface area (Å²) in [5.74, 6) is 4.32. The van der Waals surface area contributed by atoms with Crippen LogP contribution in [0.5, 0.6) is 0 Å².